The lowest BCUT2D eigenvalue weighted by Gasteiger charge is -2.34. The van der Waals surface area contributed by atoms with E-state index in [1.807, 2.05) is 12.4 Å². The third kappa shape index (κ3) is 4.32. The molecule has 4 nitrogen and oxygen atoms in total. The number of aromatic amines is 1. The molecule has 0 aliphatic carbocycles. The number of nitrogens with one attached hydrogen (secondary N) is 2. The fourth-order valence-corrected chi connectivity index (χ4v) is 2.94. The fourth-order valence-electron chi connectivity index (χ4n) is 2.94. The molecule has 1 unspecified atom stereocenters. The average molecular weight is 264 g/mol. The van der Waals surface area contributed by atoms with Crippen LogP contribution in [0.15, 0.2) is 12.4 Å². The minimum absolute atomic E-state index is 0.372. The molecule has 2 heterocycles. The molecule has 2 N–H and O–H groups in total. The second-order valence-corrected chi connectivity index (χ2v) is 6.07. The number of rotatable bonds is 6. The molecule has 1 aliphatic rings. The topological polar surface area (TPSA) is 44.0 Å². The van der Waals surface area contributed by atoms with Crippen molar-refractivity contribution in [1.82, 2.24) is 20.2 Å². The summed E-state index contributed by atoms with van der Waals surface area (Å²) in [5, 5.41) is 3.76. The second kappa shape index (κ2) is 7.06. The van der Waals surface area contributed by atoms with Crippen molar-refractivity contribution in [2.75, 3.05) is 19.6 Å². The van der Waals surface area contributed by atoms with Crippen LogP contribution < -0.4 is 5.32 Å². The highest BCUT2D eigenvalue weighted by Crippen LogP contribution is 2.18. The summed E-state index contributed by atoms with van der Waals surface area (Å²) in [5.41, 5.74) is 0. The van der Waals surface area contributed by atoms with E-state index < -0.39 is 0 Å². The molecule has 1 aromatic rings. The monoisotopic (exact) mass is 264 g/mol. The lowest BCUT2D eigenvalue weighted by atomic mass is 10.0. The Bertz CT molecular complexity index is 339. The molecule has 0 spiro atoms. The van der Waals surface area contributed by atoms with E-state index in [0.717, 1.165) is 18.2 Å². The van der Waals surface area contributed by atoms with Gasteiger partial charge < -0.3 is 15.2 Å². The van der Waals surface area contributed by atoms with Gasteiger partial charge in [0.15, 0.2) is 0 Å². The van der Waals surface area contributed by atoms with E-state index in [1.165, 1.54) is 32.5 Å². The van der Waals surface area contributed by atoms with Crippen LogP contribution in [0, 0.1) is 5.92 Å². The van der Waals surface area contributed by atoms with Crippen molar-refractivity contribution in [3.05, 3.63) is 18.2 Å². The number of hydrogen-bond donors (Lipinski definition) is 2. The zero-order valence-corrected chi connectivity index (χ0v) is 12.5. The van der Waals surface area contributed by atoms with Crippen molar-refractivity contribution in [2.45, 2.75) is 52.1 Å². The summed E-state index contributed by atoms with van der Waals surface area (Å²) in [6.07, 6.45) is 7.34. The predicted molar refractivity (Wildman–Crippen MR) is 79.1 cm³/mol. The molecule has 1 saturated heterocycles. The highest BCUT2D eigenvalue weighted by atomic mass is 15.1. The third-order valence-corrected chi connectivity index (χ3v) is 3.91. The van der Waals surface area contributed by atoms with Crippen molar-refractivity contribution in [2.24, 2.45) is 5.92 Å². The zero-order chi connectivity index (χ0) is 13.7. The van der Waals surface area contributed by atoms with Crippen LogP contribution in [0.1, 0.15) is 51.9 Å². The highest BCUT2D eigenvalue weighted by molar-refractivity contribution is 4.96. The molecule has 1 fully saturated rings. The van der Waals surface area contributed by atoms with Gasteiger partial charge in [0, 0.05) is 25.0 Å². The van der Waals surface area contributed by atoms with E-state index in [1.54, 1.807) is 0 Å². The lowest BCUT2D eigenvalue weighted by molar-refractivity contribution is 0.173. The van der Waals surface area contributed by atoms with Crippen LogP contribution in [0.3, 0.4) is 0 Å². The minimum atomic E-state index is 0.372. The molecule has 108 valence electrons. The first kappa shape index (κ1) is 14.5. The maximum atomic E-state index is 4.38. The van der Waals surface area contributed by atoms with Gasteiger partial charge in [0.05, 0.1) is 6.04 Å². The fraction of sp³-hybridized carbons (Fsp3) is 0.800. The third-order valence-electron chi connectivity index (χ3n) is 3.91. The van der Waals surface area contributed by atoms with Crippen molar-refractivity contribution in [1.29, 1.82) is 0 Å². The van der Waals surface area contributed by atoms with Gasteiger partial charge >= 0.3 is 0 Å². The van der Waals surface area contributed by atoms with Gasteiger partial charge in [-0.1, -0.05) is 20.8 Å². The average Bonchev–Trinajstić information content (AvgIpc) is 2.91. The normalized spacial score (nSPS) is 20.0. The summed E-state index contributed by atoms with van der Waals surface area (Å²) in [4.78, 5) is 10.2. The Labute approximate surface area is 117 Å². The number of aromatic nitrogens is 2. The van der Waals surface area contributed by atoms with E-state index in [0.29, 0.717) is 12.1 Å². The predicted octanol–water partition coefficient (Wildman–Crippen LogP) is 2.57. The summed E-state index contributed by atoms with van der Waals surface area (Å²) in [6.45, 7) is 10.5. The van der Waals surface area contributed by atoms with Crippen molar-refractivity contribution < 1.29 is 0 Å². The molecule has 0 saturated carbocycles. The number of hydrogen-bond acceptors (Lipinski definition) is 3. The van der Waals surface area contributed by atoms with Crippen LogP contribution in [0.5, 0.6) is 0 Å². The van der Waals surface area contributed by atoms with E-state index in [2.05, 4.69) is 41.0 Å². The smallest absolute Gasteiger partial charge is 0.123 e. The van der Waals surface area contributed by atoms with Gasteiger partial charge in [0.1, 0.15) is 5.82 Å². The molecule has 2 rings (SSSR count). The molecule has 0 radical (unpaired) electrons. The summed E-state index contributed by atoms with van der Waals surface area (Å²) >= 11 is 0. The first-order chi connectivity index (χ1) is 9.19. The van der Waals surface area contributed by atoms with Gasteiger partial charge in [0.2, 0.25) is 0 Å². The Balaban J connectivity index is 1.78. The molecule has 0 amide bonds. The Kier molecular flexibility index (Phi) is 5.40. The van der Waals surface area contributed by atoms with E-state index in [-0.39, 0.29) is 0 Å². The first-order valence-electron chi connectivity index (χ1n) is 7.66. The van der Waals surface area contributed by atoms with Gasteiger partial charge in [0.25, 0.3) is 0 Å². The van der Waals surface area contributed by atoms with Crippen LogP contribution >= 0.6 is 0 Å². The Morgan fingerprint density at radius 2 is 2.16 bits per heavy atom. The van der Waals surface area contributed by atoms with E-state index in [9.17, 15) is 0 Å². The van der Waals surface area contributed by atoms with Crippen LogP contribution in [-0.2, 0) is 0 Å². The Morgan fingerprint density at radius 3 is 2.68 bits per heavy atom. The lowest BCUT2D eigenvalue weighted by Crippen LogP contribution is -2.44. The summed E-state index contributed by atoms with van der Waals surface area (Å²) < 4.78 is 0. The molecule has 19 heavy (non-hydrogen) atoms. The van der Waals surface area contributed by atoms with Gasteiger partial charge in [-0.25, -0.2) is 4.98 Å². The minimum Gasteiger partial charge on any atom is -0.347 e. The second-order valence-electron chi connectivity index (χ2n) is 6.07. The van der Waals surface area contributed by atoms with Crippen molar-refractivity contribution >= 4 is 0 Å². The van der Waals surface area contributed by atoms with Crippen LogP contribution in [0.2, 0.25) is 0 Å². The molecule has 4 heteroatoms. The zero-order valence-electron chi connectivity index (χ0n) is 12.5. The number of H-pyrrole nitrogens is 1. The van der Waals surface area contributed by atoms with Crippen molar-refractivity contribution in [3.63, 3.8) is 0 Å². The largest absolute Gasteiger partial charge is 0.347 e. The number of piperidine rings is 1. The summed E-state index contributed by atoms with van der Waals surface area (Å²) in [6, 6.07) is 1.01. The highest BCUT2D eigenvalue weighted by Gasteiger charge is 2.22. The maximum absolute atomic E-state index is 4.38. The molecular weight excluding hydrogens is 236 g/mol. The van der Waals surface area contributed by atoms with Gasteiger partial charge in [-0.15, -0.1) is 0 Å². The number of imidazole rings is 1. The number of nitrogens with zero attached hydrogens (tertiary/aromatic N) is 2. The van der Waals surface area contributed by atoms with Crippen molar-refractivity contribution in [3.8, 4) is 0 Å². The van der Waals surface area contributed by atoms with Gasteiger partial charge in [-0.05, 0) is 38.3 Å². The van der Waals surface area contributed by atoms with Crippen LogP contribution in [0.25, 0.3) is 0 Å². The SMILES string of the molecule is CCC(NC1CCN(CC(C)C)CC1)c1ncc[nH]1. The van der Waals surface area contributed by atoms with E-state index in [4.69, 9.17) is 0 Å². The van der Waals surface area contributed by atoms with E-state index >= 15 is 0 Å². The van der Waals surface area contributed by atoms with Crippen LogP contribution in [0.4, 0.5) is 0 Å². The number of likely N-dealkylation sites (tertiary alicyclic amines) is 1. The maximum Gasteiger partial charge on any atom is 0.123 e. The standard InChI is InChI=1S/C15H28N4/c1-4-14(15-16-7-8-17-15)18-13-5-9-19(10-6-13)11-12(2)3/h7-8,12-14,18H,4-6,9-11H2,1-3H3,(H,16,17). The van der Waals surface area contributed by atoms with Gasteiger partial charge in [-0.2, -0.15) is 0 Å². The molecule has 1 aromatic heterocycles. The quantitative estimate of drug-likeness (QED) is 0.830. The summed E-state index contributed by atoms with van der Waals surface area (Å²) in [5.74, 6) is 1.85. The van der Waals surface area contributed by atoms with Crippen LogP contribution in [-0.4, -0.2) is 40.5 Å². The molecule has 0 aromatic carbocycles. The Hall–Kier alpha value is -0.870. The molecule has 1 atom stereocenters. The molecule has 1 aliphatic heterocycles. The Morgan fingerprint density at radius 1 is 1.42 bits per heavy atom. The molecule has 0 bridgehead atoms. The first-order valence-corrected chi connectivity index (χ1v) is 7.66. The summed E-state index contributed by atoms with van der Waals surface area (Å²) in [7, 11) is 0. The molecular formula is C15H28N4. The van der Waals surface area contributed by atoms with Gasteiger partial charge in [-0.3, -0.25) is 0 Å².